The number of hydrogen-bond acceptors (Lipinski definition) is 5. The second kappa shape index (κ2) is 6.85. The standard InChI is InChI=1S/C19H27NO5S/c1-18(2,3)24-17(21)20-13-19(14-20)10-9-16(11-19)25-26(22,23)12-15-7-5-4-6-8-15/h4-8,16H,9-14H2,1-3H3. The van der Waals surface area contributed by atoms with Crippen LogP contribution in [0.15, 0.2) is 30.3 Å². The molecule has 7 heteroatoms. The fourth-order valence-electron chi connectivity index (χ4n) is 3.76. The van der Waals surface area contributed by atoms with Gasteiger partial charge < -0.3 is 9.64 Å². The Kier molecular flexibility index (Phi) is 5.05. The van der Waals surface area contributed by atoms with Crippen molar-refractivity contribution in [2.75, 3.05) is 13.1 Å². The van der Waals surface area contributed by atoms with Gasteiger partial charge in [0.05, 0.1) is 6.10 Å². The van der Waals surface area contributed by atoms with Gasteiger partial charge in [-0.15, -0.1) is 0 Å². The van der Waals surface area contributed by atoms with E-state index in [1.165, 1.54) is 0 Å². The van der Waals surface area contributed by atoms with E-state index in [2.05, 4.69) is 0 Å². The average Bonchev–Trinajstić information content (AvgIpc) is 2.87. The molecule has 144 valence electrons. The van der Waals surface area contributed by atoms with Crippen molar-refractivity contribution >= 4 is 16.2 Å². The van der Waals surface area contributed by atoms with Crippen LogP contribution in [0.3, 0.4) is 0 Å². The van der Waals surface area contributed by atoms with Crippen molar-refractivity contribution in [2.45, 2.75) is 57.5 Å². The maximum atomic E-state index is 12.3. The maximum Gasteiger partial charge on any atom is 0.410 e. The van der Waals surface area contributed by atoms with Crippen LogP contribution in [0.2, 0.25) is 0 Å². The average molecular weight is 381 g/mol. The number of likely N-dealkylation sites (tertiary alicyclic amines) is 1. The smallest absolute Gasteiger partial charge is 0.410 e. The quantitative estimate of drug-likeness (QED) is 0.748. The maximum absolute atomic E-state index is 12.3. The van der Waals surface area contributed by atoms with E-state index in [1.807, 2.05) is 39.0 Å². The van der Waals surface area contributed by atoms with Crippen LogP contribution >= 0.6 is 0 Å². The number of amides is 1. The van der Waals surface area contributed by atoms with Gasteiger partial charge in [0.1, 0.15) is 11.4 Å². The SMILES string of the molecule is CC(C)(C)OC(=O)N1CC2(CCC(OS(=O)(=O)Cc3ccccc3)C2)C1. The summed E-state index contributed by atoms with van der Waals surface area (Å²) in [6.07, 6.45) is 1.64. The zero-order chi connectivity index (χ0) is 19.0. The number of nitrogens with zero attached hydrogens (tertiary/aromatic N) is 1. The molecule has 1 amide bonds. The molecule has 1 aliphatic heterocycles. The summed E-state index contributed by atoms with van der Waals surface area (Å²) in [5.41, 5.74) is 0.191. The summed E-state index contributed by atoms with van der Waals surface area (Å²) in [6.45, 7) is 6.76. The second-order valence-electron chi connectivity index (χ2n) is 8.49. The molecule has 1 aromatic carbocycles. The van der Waals surface area contributed by atoms with Gasteiger partial charge in [-0.25, -0.2) is 4.79 Å². The topological polar surface area (TPSA) is 72.9 Å². The van der Waals surface area contributed by atoms with E-state index in [4.69, 9.17) is 8.92 Å². The molecule has 2 aliphatic rings. The van der Waals surface area contributed by atoms with Gasteiger partial charge in [-0.2, -0.15) is 8.42 Å². The van der Waals surface area contributed by atoms with E-state index in [1.54, 1.807) is 17.0 Å². The van der Waals surface area contributed by atoms with Gasteiger partial charge >= 0.3 is 6.09 Å². The first-order valence-electron chi connectivity index (χ1n) is 8.99. The van der Waals surface area contributed by atoms with Crippen LogP contribution in [0.1, 0.15) is 45.6 Å². The molecule has 6 nitrogen and oxygen atoms in total. The molecule has 0 bridgehead atoms. The minimum Gasteiger partial charge on any atom is -0.444 e. The Bertz CT molecular complexity index is 748. The molecule has 1 aliphatic carbocycles. The summed E-state index contributed by atoms with van der Waals surface area (Å²) < 4.78 is 35.4. The van der Waals surface area contributed by atoms with Crippen LogP contribution in [0.5, 0.6) is 0 Å². The number of ether oxygens (including phenoxy) is 1. The predicted molar refractivity (Wildman–Crippen MR) is 98.0 cm³/mol. The van der Waals surface area contributed by atoms with Gasteiger partial charge in [0.15, 0.2) is 0 Å². The van der Waals surface area contributed by atoms with Crippen molar-refractivity contribution in [3.8, 4) is 0 Å². The Balaban J connectivity index is 1.50. The van der Waals surface area contributed by atoms with Crippen LogP contribution < -0.4 is 0 Å². The third kappa shape index (κ3) is 4.76. The third-order valence-corrected chi connectivity index (χ3v) is 6.08. The monoisotopic (exact) mass is 381 g/mol. The Morgan fingerprint density at radius 2 is 1.88 bits per heavy atom. The van der Waals surface area contributed by atoms with E-state index in [9.17, 15) is 13.2 Å². The number of carbonyl (C=O) groups is 1. The van der Waals surface area contributed by atoms with Gasteiger partial charge in [-0.3, -0.25) is 4.18 Å². The summed E-state index contributed by atoms with van der Waals surface area (Å²) in [6, 6.07) is 9.04. The van der Waals surface area contributed by atoms with Crippen LogP contribution in [0.4, 0.5) is 4.79 Å². The lowest BCUT2D eigenvalue weighted by atomic mass is 9.78. The highest BCUT2D eigenvalue weighted by atomic mass is 32.2. The predicted octanol–water partition coefficient (Wildman–Crippen LogP) is 3.32. The van der Waals surface area contributed by atoms with Gasteiger partial charge in [0, 0.05) is 18.5 Å². The fraction of sp³-hybridized carbons (Fsp3) is 0.632. The molecule has 0 aromatic heterocycles. The molecule has 26 heavy (non-hydrogen) atoms. The van der Waals surface area contributed by atoms with Crippen molar-refractivity contribution in [1.82, 2.24) is 4.90 Å². The van der Waals surface area contributed by atoms with E-state index in [0.29, 0.717) is 25.9 Å². The van der Waals surface area contributed by atoms with Crippen molar-refractivity contribution in [3.63, 3.8) is 0 Å². The molecule has 1 unspecified atom stereocenters. The molecule has 2 fully saturated rings. The molecule has 1 aromatic rings. The number of benzene rings is 1. The minimum absolute atomic E-state index is 0.0240. The molecule has 1 atom stereocenters. The summed E-state index contributed by atoms with van der Waals surface area (Å²) >= 11 is 0. The number of rotatable bonds is 4. The van der Waals surface area contributed by atoms with Gasteiger partial charge in [0.25, 0.3) is 10.1 Å². The molecule has 0 radical (unpaired) electrons. The highest BCUT2D eigenvalue weighted by Crippen LogP contribution is 2.47. The first kappa shape index (κ1) is 19.2. The van der Waals surface area contributed by atoms with Crippen LogP contribution in [0, 0.1) is 5.41 Å². The normalized spacial score (nSPS) is 22.3. The first-order valence-corrected chi connectivity index (χ1v) is 10.6. The van der Waals surface area contributed by atoms with Gasteiger partial charge in [-0.05, 0) is 45.6 Å². The summed E-state index contributed by atoms with van der Waals surface area (Å²) in [5.74, 6) is -0.110. The minimum atomic E-state index is -3.61. The van der Waals surface area contributed by atoms with Gasteiger partial charge in [-0.1, -0.05) is 30.3 Å². The van der Waals surface area contributed by atoms with E-state index in [0.717, 1.165) is 12.0 Å². The Hall–Kier alpha value is -1.60. The Morgan fingerprint density at radius 3 is 2.50 bits per heavy atom. The molecule has 1 saturated carbocycles. The van der Waals surface area contributed by atoms with Gasteiger partial charge in [0.2, 0.25) is 0 Å². The van der Waals surface area contributed by atoms with Crippen LogP contribution in [-0.4, -0.2) is 44.2 Å². The Morgan fingerprint density at radius 1 is 1.23 bits per heavy atom. The summed E-state index contributed by atoms with van der Waals surface area (Å²) in [7, 11) is -3.61. The van der Waals surface area contributed by atoms with E-state index >= 15 is 0 Å². The van der Waals surface area contributed by atoms with E-state index < -0.39 is 15.7 Å². The third-order valence-electron chi connectivity index (χ3n) is 4.83. The zero-order valence-corrected chi connectivity index (χ0v) is 16.4. The number of hydrogen-bond donors (Lipinski definition) is 0. The molecule has 0 N–H and O–H groups in total. The molecular formula is C19H27NO5S. The summed E-state index contributed by atoms with van der Waals surface area (Å²) in [5, 5.41) is 0. The lowest BCUT2D eigenvalue weighted by molar-refractivity contribution is -0.0349. The van der Waals surface area contributed by atoms with Crippen LogP contribution in [0.25, 0.3) is 0 Å². The lowest BCUT2D eigenvalue weighted by Gasteiger charge is -2.48. The zero-order valence-electron chi connectivity index (χ0n) is 15.6. The molecule has 1 saturated heterocycles. The van der Waals surface area contributed by atoms with Crippen molar-refractivity contribution in [2.24, 2.45) is 5.41 Å². The van der Waals surface area contributed by atoms with Crippen molar-refractivity contribution in [1.29, 1.82) is 0 Å². The highest BCUT2D eigenvalue weighted by molar-refractivity contribution is 7.85. The molecular weight excluding hydrogens is 354 g/mol. The highest BCUT2D eigenvalue weighted by Gasteiger charge is 2.51. The Labute approximate surface area is 155 Å². The lowest BCUT2D eigenvalue weighted by Crippen LogP contribution is -2.58. The summed E-state index contributed by atoms with van der Waals surface area (Å²) in [4.78, 5) is 13.8. The molecule has 1 spiro atoms. The number of carbonyl (C=O) groups excluding carboxylic acids is 1. The second-order valence-corrected chi connectivity index (χ2v) is 10.1. The molecule has 1 heterocycles. The molecule has 3 rings (SSSR count). The largest absolute Gasteiger partial charge is 0.444 e. The fourth-order valence-corrected chi connectivity index (χ4v) is 5.01. The van der Waals surface area contributed by atoms with Crippen LogP contribution in [-0.2, 0) is 24.8 Å². The van der Waals surface area contributed by atoms with Crippen molar-refractivity contribution in [3.05, 3.63) is 35.9 Å². The first-order chi connectivity index (χ1) is 12.1. The van der Waals surface area contributed by atoms with Crippen molar-refractivity contribution < 1.29 is 22.1 Å². The van der Waals surface area contributed by atoms with E-state index in [-0.39, 0.29) is 23.4 Å².